The average Bonchev–Trinajstić information content (AvgIpc) is 3.07. The number of anilines is 2. The van der Waals surface area contributed by atoms with Crippen LogP contribution in [-0.2, 0) is 25.8 Å². The predicted octanol–water partition coefficient (Wildman–Crippen LogP) is 11.1. The molecule has 0 atom stereocenters. The van der Waals surface area contributed by atoms with Crippen molar-refractivity contribution in [3.8, 4) is 22.3 Å². The SMILES string of the molecule is CC(C)(C)c1cc(-c2ccc(-c3c(N4CCCCC4=O)cc(C45CC6CC(CC(C6)C4)C5)cc3N3CCCCC3=O)cc2)cc(C(C)(C)C)c1. The van der Waals surface area contributed by atoms with Gasteiger partial charge in [-0.2, -0.15) is 0 Å². The summed E-state index contributed by atoms with van der Waals surface area (Å²) in [4.78, 5) is 31.8. The molecule has 9 rings (SSSR count). The second-order valence-electron chi connectivity index (χ2n) is 19.0. The van der Waals surface area contributed by atoms with Gasteiger partial charge >= 0.3 is 0 Å². The lowest BCUT2D eigenvalue weighted by Crippen LogP contribution is -2.48. The minimum Gasteiger partial charge on any atom is -0.312 e. The minimum atomic E-state index is 0.0418. The molecule has 0 unspecified atom stereocenters. The van der Waals surface area contributed by atoms with E-state index in [2.05, 4.69) is 106 Å². The van der Waals surface area contributed by atoms with Crippen LogP contribution in [0.1, 0.15) is 135 Å². The molecule has 2 amide bonds. The van der Waals surface area contributed by atoms with E-state index in [0.717, 1.165) is 79.0 Å². The summed E-state index contributed by atoms with van der Waals surface area (Å²) in [7, 11) is 0. The van der Waals surface area contributed by atoms with Crippen molar-refractivity contribution in [3.05, 3.63) is 71.3 Å². The summed E-state index contributed by atoms with van der Waals surface area (Å²) >= 11 is 0. The molecule has 6 fully saturated rings. The third-order valence-electron chi connectivity index (χ3n) is 13.1. The molecule has 4 aliphatic carbocycles. The highest BCUT2D eigenvalue weighted by atomic mass is 16.2. The fraction of sp³-hybridized carbons (Fsp3) is 0.565. The molecule has 2 heterocycles. The smallest absolute Gasteiger partial charge is 0.226 e. The third-order valence-corrected chi connectivity index (χ3v) is 13.1. The molecule has 50 heavy (non-hydrogen) atoms. The fourth-order valence-electron chi connectivity index (χ4n) is 10.7. The largest absolute Gasteiger partial charge is 0.312 e. The lowest BCUT2D eigenvalue weighted by molar-refractivity contribution is -0.120. The normalized spacial score (nSPS) is 27.0. The number of hydrogen-bond acceptors (Lipinski definition) is 2. The molecule has 2 saturated heterocycles. The number of carbonyl (C=O) groups is 2. The van der Waals surface area contributed by atoms with Crippen molar-refractivity contribution in [2.45, 2.75) is 135 Å². The molecule has 4 nitrogen and oxygen atoms in total. The number of piperidine rings is 2. The summed E-state index contributed by atoms with van der Waals surface area (Å²) in [6.45, 7) is 15.3. The summed E-state index contributed by atoms with van der Waals surface area (Å²) in [6.07, 6.45) is 13.1. The van der Waals surface area contributed by atoms with Crippen molar-refractivity contribution in [1.82, 2.24) is 0 Å². The van der Waals surface area contributed by atoms with Crippen LogP contribution < -0.4 is 9.80 Å². The van der Waals surface area contributed by atoms with Gasteiger partial charge in [-0.15, -0.1) is 0 Å². The monoisotopic (exact) mass is 670 g/mol. The molecule has 4 bridgehead atoms. The van der Waals surface area contributed by atoms with Gasteiger partial charge < -0.3 is 9.80 Å². The first kappa shape index (κ1) is 33.7. The van der Waals surface area contributed by atoms with Gasteiger partial charge in [0.2, 0.25) is 11.8 Å². The number of hydrogen-bond donors (Lipinski definition) is 0. The van der Waals surface area contributed by atoms with E-state index in [4.69, 9.17) is 0 Å². The lowest BCUT2D eigenvalue weighted by atomic mass is 9.48. The van der Waals surface area contributed by atoms with Crippen LogP contribution in [0.3, 0.4) is 0 Å². The number of amides is 2. The second-order valence-corrected chi connectivity index (χ2v) is 19.0. The molecule has 0 N–H and O–H groups in total. The van der Waals surface area contributed by atoms with Crippen molar-refractivity contribution < 1.29 is 9.59 Å². The number of benzene rings is 3. The zero-order chi connectivity index (χ0) is 35.0. The maximum atomic E-state index is 13.8. The summed E-state index contributed by atoms with van der Waals surface area (Å²) < 4.78 is 0. The van der Waals surface area contributed by atoms with Gasteiger partial charge in [-0.1, -0.05) is 84.0 Å². The third kappa shape index (κ3) is 6.13. The van der Waals surface area contributed by atoms with E-state index in [9.17, 15) is 9.59 Å². The number of carbonyl (C=O) groups excluding carboxylic acids is 2. The molecule has 6 aliphatic rings. The van der Waals surface area contributed by atoms with E-state index < -0.39 is 0 Å². The minimum absolute atomic E-state index is 0.0418. The van der Waals surface area contributed by atoms with Gasteiger partial charge in [0, 0.05) is 31.5 Å². The number of nitrogens with zero attached hydrogens (tertiary/aromatic N) is 2. The predicted molar refractivity (Wildman–Crippen MR) is 207 cm³/mol. The fourth-order valence-corrected chi connectivity index (χ4v) is 10.7. The van der Waals surface area contributed by atoms with Crippen molar-refractivity contribution in [1.29, 1.82) is 0 Å². The molecule has 3 aromatic carbocycles. The van der Waals surface area contributed by atoms with Gasteiger partial charge in [-0.3, -0.25) is 9.59 Å². The van der Waals surface area contributed by atoms with Crippen LogP contribution >= 0.6 is 0 Å². The Kier molecular flexibility index (Phi) is 8.35. The molecule has 4 saturated carbocycles. The Balaban J connectivity index is 1.29. The maximum absolute atomic E-state index is 13.8. The summed E-state index contributed by atoms with van der Waals surface area (Å²) in [5, 5.41) is 0. The van der Waals surface area contributed by atoms with Crippen molar-refractivity contribution in [2.24, 2.45) is 17.8 Å². The first-order valence-corrected chi connectivity index (χ1v) is 19.8. The van der Waals surface area contributed by atoms with Gasteiger partial charge in [-0.05, 0) is 144 Å². The Labute approximate surface area is 301 Å². The zero-order valence-electron chi connectivity index (χ0n) is 31.5. The van der Waals surface area contributed by atoms with E-state index in [1.165, 1.54) is 66.3 Å². The van der Waals surface area contributed by atoms with E-state index in [1.54, 1.807) is 0 Å². The first-order valence-electron chi connectivity index (χ1n) is 19.8. The highest BCUT2D eigenvalue weighted by molar-refractivity contribution is 6.06. The van der Waals surface area contributed by atoms with Crippen molar-refractivity contribution >= 4 is 23.2 Å². The maximum Gasteiger partial charge on any atom is 0.226 e. The van der Waals surface area contributed by atoms with Gasteiger partial charge in [0.15, 0.2) is 0 Å². The molecule has 264 valence electrons. The molecule has 0 aromatic heterocycles. The molecular formula is C46H58N2O2. The highest BCUT2D eigenvalue weighted by Crippen LogP contribution is 2.62. The van der Waals surface area contributed by atoms with Gasteiger partial charge in [-0.25, -0.2) is 0 Å². The zero-order valence-corrected chi connectivity index (χ0v) is 31.5. The molecule has 0 spiro atoms. The van der Waals surface area contributed by atoms with Crippen LogP contribution in [-0.4, -0.2) is 24.9 Å². The molecular weight excluding hydrogens is 613 g/mol. The quantitative estimate of drug-likeness (QED) is 0.271. The Bertz CT molecular complexity index is 1690. The van der Waals surface area contributed by atoms with Gasteiger partial charge in [0.05, 0.1) is 11.4 Å². The molecule has 2 aliphatic heterocycles. The lowest BCUT2D eigenvalue weighted by Gasteiger charge is -2.57. The number of rotatable bonds is 5. The Morgan fingerprint density at radius 1 is 0.560 bits per heavy atom. The Morgan fingerprint density at radius 2 is 1.00 bits per heavy atom. The molecule has 3 aromatic rings. The van der Waals surface area contributed by atoms with Crippen LogP contribution in [0.5, 0.6) is 0 Å². The molecule has 0 radical (unpaired) electrons. The van der Waals surface area contributed by atoms with E-state index >= 15 is 0 Å². The van der Waals surface area contributed by atoms with Crippen LogP contribution in [0.4, 0.5) is 11.4 Å². The van der Waals surface area contributed by atoms with Crippen molar-refractivity contribution in [3.63, 3.8) is 0 Å². The second kappa shape index (κ2) is 12.4. The van der Waals surface area contributed by atoms with Crippen LogP contribution in [0.2, 0.25) is 0 Å². The molecule has 4 heteroatoms. The Hall–Kier alpha value is -3.40. The summed E-state index contributed by atoms with van der Waals surface area (Å²) in [5.74, 6) is 2.92. The standard InChI is InChI=1S/C46H58N2O2/c1-44(2,3)36-22-35(23-37(24-36)45(4,5)6)33-13-15-34(16-14-33)43-39(47-17-9-7-11-41(47)49)25-38(26-40(43)48-18-10-8-12-42(48)50)46-27-30-19-31(28-46)21-32(20-30)29-46/h13-16,22-26,30-32H,7-12,17-21,27-29H2,1-6H3. The highest BCUT2D eigenvalue weighted by Gasteiger charge is 2.52. The average molecular weight is 671 g/mol. The van der Waals surface area contributed by atoms with Crippen molar-refractivity contribution in [2.75, 3.05) is 22.9 Å². The first-order chi connectivity index (χ1) is 23.8. The van der Waals surface area contributed by atoms with Gasteiger partial charge in [0.25, 0.3) is 0 Å². The summed E-state index contributed by atoms with van der Waals surface area (Å²) in [5.41, 5.74) is 11.0. The van der Waals surface area contributed by atoms with Crippen LogP contribution in [0.25, 0.3) is 22.3 Å². The van der Waals surface area contributed by atoms with E-state index in [1.807, 2.05) is 0 Å². The van der Waals surface area contributed by atoms with Gasteiger partial charge in [0.1, 0.15) is 0 Å². The topological polar surface area (TPSA) is 40.6 Å². The van der Waals surface area contributed by atoms with Crippen LogP contribution in [0, 0.1) is 17.8 Å². The van der Waals surface area contributed by atoms with E-state index in [-0.39, 0.29) is 28.1 Å². The van der Waals surface area contributed by atoms with Crippen LogP contribution in [0.15, 0.2) is 54.6 Å². The summed E-state index contributed by atoms with van der Waals surface area (Å²) in [6, 6.07) is 21.0. The Morgan fingerprint density at radius 3 is 1.42 bits per heavy atom. The van der Waals surface area contributed by atoms with E-state index in [0.29, 0.717) is 12.8 Å².